The summed E-state index contributed by atoms with van der Waals surface area (Å²) in [6.45, 7) is 0.247. The van der Waals surface area contributed by atoms with Crippen LogP contribution >= 0.6 is 23.1 Å². The van der Waals surface area contributed by atoms with Crippen LogP contribution in [0.15, 0.2) is 27.6 Å². The lowest BCUT2D eigenvalue weighted by atomic mass is 10.1. The van der Waals surface area contributed by atoms with E-state index < -0.39 is 22.3 Å². The number of thioether (sulfide) groups is 1. The van der Waals surface area contributed by atoms with E-state index in [9.17, 15) is 22.2 Å². The number of halogens is 3. The quantitative estimate of drug-likeness (QED) is 0.435. The van der Waals surface area contributed by atoms with Crippen LogP contribution in [-0.2, 0) is 10.8 Å². The Morgan fingerprint density at radius 1 is 1.27 bits per heavy atom. The molecule has 176 valence electrons. The third kappa shape index (κ3) is 4.82. The van der Waals surface area contributed by atoms with E-state index in [2.05, 4.69) is 26.1 Å². The number of benzene rings is 1. The van der Waals surface area contributed by atoms with Crippen LogP contribution in [0.4, 0.5) is 23.7 Å². The summed E-state index contributed by atoms with van der Waals surface area (Å²) >= 11 is 0.953. The number of rotatable bonds is 5. The minimum atomic E-state index is -4.50. The van der Waals surface area contributed by atoms with Gasteiger partial charge in [-0.25, -0.2) is 4.79 Å². The third-order valence-electron chi connectivity index (χ3n) is 5.35. The second-order valence-electron chi connectivity index (χ2n) is 7.62. The summed E-state index contributed by atoms with van der Waals surface area (Å²) in [6.07, 6.45) is 1.47. The van der Waals surface area contributed by atoms with E-state index in [1.54, 1.807) is 12.1 Å². The predicted octanol–water partition coefficient (Wildman–Crippen LogP) is 4.24. The molecule has 2 aliphatic heterocycles. The van der Waals surface area contributed by atoms with Crippen molar-refractivity contribution in [2.45, 2.75) is 35.3 Å². The molecule has 2 amide bonds. The first-order chi connectivity index (χ1) is 15.8. The van der Waals surface area contributed by atoms with Crippen LogP contribution in [0, 0.1) is 0 Å². The molecule has 0 radical (unpaired) electrons. The standard InChI is InChI=1S/C19H18F3N5O3S3/c20-19(21,22)32-14-10-2-1-3-11(24-9-4-6-33(29)7-5-9)13(10)31-15(14)16-26-17(30-27-16)12-8-23-18(28)25-12/h1-3,9,12,24H,4-8H2,(H2,23,25,28). The highest BCUT2D eigenvalue weighted by atomic mass is 32.2. The van der Waals surface area contributed by atoms with Gasteiger partial charge < -0.3 is 20.5 Å². The van der Waals surface area contributed by atoms with Gasteiger partial charge in [0.25, 0.3) is 5.89 Å². The van der Waals surface area contributed by atoms with E-state index in [4.69, 9.17) is 4.52 Å². The Morgan fingerprint density at radius 3 is 2.76 bits per heavy atom. The normalized spacial score (nSPS) is 23.5. The second-order valence-corrected chi connectivity index (χ2v) is 11.4. The number of hydrogen-bond acceptors (Lipinski definition) is 8. The van der Waals surface area contributed by atoms with E-state index in [-0.39, 0.29) is 51.9 Å². The second kappa shape index (κ2) is 8.80. The summed E-state index contributed by atoms with van der Waals surface area (Å²) in [4.78, 5) is 15.9. The molecule has 5 rings (SSSR count). The number of hydrogen-bond donors (Lipinski definition) is 3. The number of carbonyl (C=O) groups is 1. The minimum Gasteiger partial charge on any atom is -0.381 e. The van der Waals surface area contributed by atoms with Crippen molar-refractivity contribution in [1.82, 2.24) is 20.8 Å². The number of anilines is 1. The van der Waals surface area contributed by atoms with Gasteiger partial charge in [0.2, 0.25) is 5.82 Å². The maximum Gasteiger partial charge on any atom is 0.446 e. The first kappa shape index (κ1) is 22.5. The molecule has 2 saturated heterocycles. The van der Waals surface area contributed by atoms with Crippen LogP contribution in [0.3, 0.4) is 0 Å². The molecular weight excluding hydrogens is 499 g/mol. The van der Waals surface area contributed by atoms with Crippen LogP contribution in [0.25, 0.3) is 20.8 Å². The summed E-state index contributed by atoms with van der Waals surface area (Å²) in [6, 6.07) is 4.37. The maximum absolute atomic E-state index is 13.4. The van der Waals surface area contributed by atoms with Gasteiger partial charge in [-0.2, -0.15) is 18.2 Å². The van der Waals surface area contributed by atoms with Crippen LogP contribution in [0.5, 0.6) is 0 Å². The lowest BCUT2D eigenvalue weighted by Gasteiger charge is -2.23. The van der Waals surface area contributed by atoms with E-state index >= 15 is 0 Å². The third-order valence-corrected chi connectivity index (χ3v) is 8.96. The van der Waals surface area contributed by atoms with Gasteiger partial charge in [-0.05, 0) is 30.7 Å². The molecule has 2 aromatic heterocycles. The summed E-state index contributed by atoms with van der Waals surface area (Å²) in [5.41, 5.74) is -3.78. The Balaban J connectivity index is 1.53. The zero-order chi connectivity index (χ0) is 23.2. The van der Waals surface area contributed by atoms with E-state index in [0.29, 0.717) is 21.6 Å². The molecule has 3 N–H and O–H groups in total. The van der Waals surface area contributed by atoms with Crippen molar-refractivity contribution >= 4 is 55.7 Å². The highest BCUT2D eigenvalue weighted by Crippen LogP contribution is 2.50. The smallest absolute Gasteiger partial charge is 0.381 e. The first-order valence-corrected chi connectivity index (χ1v) is 13.2. The number of nitrogens with zero attached hydrogens (tertiary/aromatic N) is 2. The van der Waals surface area contributed by atoms with Crippen molar-refractivity contribution in [2.75, 3.05) is 23.4 Å². The molecule has 1 aromatic carbocycles. The number of aromatic nitrogens is 2. The molecule has 1 atom stereocenters. The number of carbonyl (C=O) groups excluding carboxylic acids is 1. The van der Waals surface area contributed by atoms with Gasteiger partial charge in [-0.15, -0.1) is 11.3 Å². The molecule has 14 heteroatoms. The number of fused-ring (bicyclic) bond motifs is 1. The average Bonchev–Trinajstić information content (AvgIpc) is 3.48. The molecule has 0 bridgehead atoms. The zero-order valence-corrected chi connectivity index (χ0v) is 19.3. The molecule has 3 aromatic rings. The summed E-state index contributed by atoms with van der Waals surface area (Å²) in [5, 5.41) is 13.0. The molecule has 1 unspecified atom stereocenters. The number of thiophene rings is 1. The van der Waals surface area contributed by atoms with Crippen LogP contribution < -0.4 is 16.0 Å². The molecule has 0 spiro atoms. The van der Waals surface area contributed by atoms with Gasteiger partial charge in [0, 0.05) is 45.2 Å². The van der Waals surface area contributed by atoms with Crippen LogP contribution in [-0.4, -0.2) is 50.0 Å². The molecule has 33 heavy (non-hydrogen) atoms. The Morgan fingerprint density at radius 2 is 2.06 bits per heavy atom. The average molecular weight is 518 g/mol. The number of alkyl halides is 3. The summed E-state index contributed by atoms with van der Waals surface area (Å²) in [5.74, 6) is 1.38. The molecule has 0 aliphatic carbocycles. The number of nitrogens with one attached hydrogen (secondary N) is 3. The Hall–Kier alpha value is -2.32. The highest BCUT2D eigenvalue weighted by molar-refractivity contribution is 8.00. The topological polar surface area (TPSA) is 109 Å². The fraction of sp³-hybridized carbons (Fsp3) is 0.421. The van der Waals surface area contributed by atoms with E-state index in [1.807, 2.05) is 6.07 Å². The predicted molar refractivity (Wildman–Crippen MR) is 121 cm³/mol. The van der Waals surface area contributed by atoms with Crippen molar-refractivity contribution in [3.63, 3.8) is 0 Å². The molecule has 2 aliphatic rings. The van der Waals surface area contributed by atoms with E-state index in [0.717, 1.165) is 29.9 Å². The molecule has 8 nitrogen and oxygen atoms in total. The highest BCUT2D eigenvalue weighted by Gasteiger charge is 2.35. The van der Waals surface area contributed by atoms with Gasteiger partial charge >= 0.3 is 11.5 Å². The van der Waals surface area contributed by atoms with E-state index in [1.165, 1.54) is 0 Å². The van der Waals surface area contributed by atoms with Crippen molar-refractivity contribution in [3.05, 3.63) is 24.1 Å². The summed E-state index contributed by atoms with van der Waals surface area (Å²) < 4.78 is 57.9. The van der Waals surface area contributed by atoms with Crippen LogP contribution in [0.2, 0.25) is 0 Å². The molecule has 0 saturated carbocycles. The van der Waals surface area contributed by atoms with Crippen molar-refractivity contribution in [2.24, 2.45) is 0 Å². The van der Waals surface area contributed by atoms with Gasteiger partial charge in [0.1, 0.15) is 6.04 Å². The van der Waals surface area contributed by atoms with Gasteiger partial charge in [0.05, 0.1) is 15.3 Å². The van der Waals surface area contributed by atoms with Crippen molar-refractivity contribution in [3.8, 4) is 10.7 Å². The SMILES string of the molecule is O=C1NCC(c2nc(-c3sc4c(NC5CCS(=O)CC5)cccc4c3SC(F)(F)F)no2)N1. The van der Waals surface area contributed by atoms with Gasteiger partial charge in [-0.3, -0.25) is 4.21 Å². The number of amides is 2. The molecule has 2 fully saturated rings. The largest absolute Gasteiger partial charge is 0.446 e. The van der Waals surface area contributed by atoms with Crippen molar-refractivity contribution < 1.29 is 26.7 Å². The van der Waals surface area contributed by atoms with Gasteiger partial charge in [0.15, 0.2) is 0 Å². The lowest BCUT2D eigenvalue weighted by Crippen LogP contribution is -2.29. The maximum atomic E-state index is 13.4. The lowest BCUT2D eigenvalue weighted by molar-refractivity contribution is -0.0327. The molecule has 4 heterocycles. The Bertz CT molecular complexity index is 1220. The molecular formula is C19H18F3N5O3S3. The minimum absolute atomic E-state index is 0.0110. The fourth-order valence-electron chi connectivity index (χ4n) is 3.81. The fourth-order valence-corrected chi connectivity index (χ4v) is 7.21. The monoisotopic (exact) mass is 517 g/mol. The van der Waals surface area contributed by atoms with Gasteiger partial charge in [-0.1, -0.05) is 17.3 Å². The zero-order valence-electron chi connectivity index (χ0n) is 16.9. The number of urea groups is 1. The summed E-state index contributed by atoms with van der Waals surface area (Å²) in [7, 11) is -0.807. The first-order valence-electron chi connectivity index (χ1n) is 10.1. The Kier molecular flexibility index (Phi) is 5.99. The van der Waals surface area contributed by atoms with Crippen molar-refractivity contribution in [1.29, 1.82) is 0 Å². The van der Waals surface area contributed by atoms with Crippen LogP contribution in [0.1, 0.15) is 24.8 Å². The Labute approximate surface area is 196 Å².